The van der Waals surface area contributed by atoms with E-state index in [4.69, 9.17) is 0 Å². The Hall–Kier alpha value is -1.32. The maximum Gasteiger partial charge on any atom is 0.201 e. The molecule has 0 radical (unpaired) electrons. The van der Waals surface area contributed by atoms with E-state index >= 15 is 0 Å². The van der Waals surface area contributed by atoms with Crippen molar-refractivity contribution in [3.8, 4) is 0 Å². The van der Waals surface area contributed by atoms with Crippen LogP contribution in [0.3, 0.4) is 0 Å². The van der Waals surface area contributed by atoms with Gasteiger partial charge in [-0.15, -0.1) is 0 Å². The second-order valence-corrected chi connectivity index (χ2v) is 4.96. The van der Waals surface area contributed by atoms with Crippen molar-refractivity contribution in [3.05, 3.63) is 0 Å². The third kappa shape index (κ3) is 3.88. The van der Waals surface area contributed by atoms with E-state index < -0.39 is 22.9 Å². The Kier molecular flexibility index (Phi) is 5.93. The maximum absolute atomic E-state index is 11.8. The van der Waals surface area contributed by atoms with Gasteiger partial charge >= 0.3 is 0 Å². The highest BCUT2D eigenvalue weighted by Crippen LogP contribution is 2.34. The van der Waals surface area contributed by atoms with Crippen molar-refractivity contribution in [2.75, 3.05) is 0 Å². The standard InChI is InChI=1S/C13H20O4/c1-9(8-15)13(3,4)10(2)12(17)11(16)6-5-7-14/h7-10H,5-6H2,1-4H3. The fraction of sp³-hybridized carbons (Fsp3) is 0.692. The summed E-state index contributed by atoms with van der Waals surface area (Å²) in [6.45, 7) is 6.97. The van der Waals surface area contributed by atoms with Crippen molar-refractivity contribution < 1.29 is 19.2 Å². The zero-order valence-electron chi connectivity index (χ0n) is 10.9. The van der Waals surface area contributed by atoms with E-state index in [9.17, 15) is 19.2 Å². The molecule has 0 saturated carbocycles. The van der Waals surface area contributed by atoms with Crippen LogP contribution < -0.4 is 0 Å². The van der Waals surface area contributed by atoms with Gasteiger partial charge in [0.25, 0.3) is 0 Å². The second kappa shape index (κ2) is 6.42. The summed E-state index contributed by atoms with van der Waals surface area (Å²) < 4.78 is 0. The molecule has 2 atom stereocenters. The highest BCUT2D eigenvalue weighted by atomic mass is 16.2. The molecule has 0 aromatic carbocycles. The molecular formula is C13H20O4. The lowest BCUT2D eigenvalue weighted by molar-refractivity contribution is -0.142. The molecule has 0 aromatic rings. The van der Waals surface area contributed by atoms with Crippen LogP contribution in [-0.2, 0) is 19.2 Å². The van der Waals surface area contributed by atoms with Gasteiger partial charge in [0.15, 0.2) is 5.78 Å². The Balaban J connectivity index is 4.74. The third-order valence-corrected chi connectivity index (χ3v) is 3.65. The summed E-state index contributed by atoms with van der Waals surface area (Å²) in [7, 11) is 0. The molecule has 4 nitrogen and oxygen atoms in total. The van der Waals surface area contributed by atoms with Crippen LogP contribution in [0.15, 0.2) is 0 Å². The molecule has 0 heterocycles. The maximum atomic E-state index is 11.8. The molecule has 0 aliphatic carbocycles. The van der Waals surface area contributed by atoms with Crippen LogP contribution in [0.1, 0.15) is 40.5 Å². The first kappa shape index (κ1) is 15.7. The minimum atomic E-state index is -0.560. The molecule has 96 valence electrons. The summed E-state index contributed by atoms with van der Waals surface area (Å²) in [4.78, 5) is 44.3. The number of hydrogen-bond donors (Lipinski definition) is 0. The average molecular weight is 240 g/mol. The summed E-state index contributed by atoms with van der Waals surface area (Å²) in [6, 6.07) is 0. The van der Waals surface area contributed by atoms with Crippen LogP contribution in [0.2, 0.25) is 0 Å². The zero-order chi connectivity index (χ0) is 13.6. The van der Waals surface area contributed by atoms with Gasteiger partial charge < -0.3 is 9.59 Å². The van der Waals surface area contributed by atoms with Crippen LogP contribution in [-0.4, -0.2) is 24.1 Å². The monoisotopic (exact) mass is 240 g/mol. The van der Waals surface area contributed by atoms with Crippen LogP contribution >= 0.6 is 0 Å². The molecule has 0 fully saturated rings. The van der Waals surface area contributed by atoms with Crippen LogP contribution in [0.4, 0.5) is 0 Å². The van der Waals surface area contributed by atoms with Gasteiger partial charge in [0.1, 0.15) is 12.6 Å². The highest BCUT2D eigenvalue weighted by Gasteiger charge is 2.38. The van der Waals surface area contributed by atoms with E-state index in [1.807, 2.05) is 0 Å². The van der Waals surface area contributed by atoms with E-state index in [0.29, 0.717) is 6.29 Å². The Labute approximate surface area is 102 Å². The first-order valence-electron chi connectivity index (χ1n) is 5.75. The lowest BCUT2D eigenvalue weighted by Gasteiger charge is -2.33. The molecule has 17 heavy (non-hydrogen) atoms. The van der Waals surface area contributed by atoms with E-state index in [2.05, 4.69) is 0 Å². The normalized spacial score (nSPS) is 14.8. The Morgan fingerprint density at radius 3 is 2.12 bits per heavy atom. The lowest BCUT2D eigenvalue weighted by Crippen LogP contribution is -2.38. The van der Waals surface area contributed by atoms with Gasteiger partial charge in [-0.05, 0) is 5.41 Å². The van der Waals surface area contributed by atoms with Crippen molar-refractivity contribution in [1.82, 2.24) is 0 Å². The summed E-state index contributed by atoms with van der Waals surface area (Å²) in [5, 5.41) is 0. The molecule has 0 aromatic heterocycles. The molecule has 0 amide bonds. The topological polar surface area (TPSA) is 68.3 Å². The fourth-order valence-electron chi connectivity index (χ4n) is 1.46. The number of ketones is 2. The van der Waals surface area contributed by atoms with Gasteiger partial charge in [0.2, 0.25) is 5.78 Å². The van der Waals surface area contributed by atoms with Gasteiger partial charge in [-0.1, -0.05) is 27.7 Å². The van der Waals surface area contributed by atoms with Crippen molar-refractivity contribution in [2.24, 2.45) is 17.3 Å². The number of Topliss-reactive ketones (excluding diaryl/α,β-unsaturated/α-hetero) is 2. The number of carbonyl (C=O) groups is 4. The van der Waals surface area contributed by atoms with Gasteiger partial charge in [-0.2, -0.15) is 0 Å². The van der Waals surface area contributed by atoms with Crippen molar-refractivity contribution >= 4 is 24.1 Å². The smallest absolute Gasteiger partial charge is 0.201 e. The summed E-state index contributed by atoms with van der Waals surface area (Å²) in [5.74, 6) is -1.86. The number of carbonyl (C=O) groups excluding carboxylic acids is 4. The van der Waals surface area contributed by atoms with Crippen molar-refractivity contribution in [2.45, 2.75) is 40.5 Å². The fourth-order valence-corrected chi connectivity index (χ4v) is 1.46. The quantitative estimate of drug-likeness (QED) is 0.477. The van der Waals surface area contributed by atoms with Gasteiger partial charge in [-0.25, -0.2) is 0 Å². The van der Waals surface area contributed by atoms with E-state index in [0.717, 1.165) is 6.29 Å². The molecule has 0 aliphatic heterocycles. The Morgan fingerprint density at radius 1 is 1.18 bits per heavy atom. The van der Waals surface area contributed by atoms with E-state index in [1.54, 1.807) is 27.7 Å². The van der Waals surface area contributed by atoms with Gasteiger partial charge in [0.05, 0.1) is 0 Å². The molecule has 0 N–H and O–H groups in total. The first-order chi connectivity index (χ1) is 7.78. The molecule has 0 spiro atoms. The average Bonchev–Trinajstić information content (AvgIpc) is 2.32. The molecule has 0 saturated heterocycles. The number of aldehydes is 2. The molecule has 0 rings (SSSR count). The lowest BCUT2D eigenvalue weighted by atomic mass is 9.69. The van der Waals surface area contributed by atoms with Crippen LogP contribution in [0, 0.1) is 17.3 Å². The molecule has 2 unspecified atom stereocenters. The first-order valence-corrected chi connectivity index (χ1v) is 5.75. The predicted molar refractivity (Wildman–Crippen MR) is 63.5 cm³/mol. The third-order valence-electron chi connectivity index (χ3n) is 3.65. The second-order valence-electron chi connectivity index (χ2n) is 4.96. The largest absolute Gasteiger partial charge is 0.303 e. The van der Waals surface area contributed by atoms with Crippen molar-refractivity contribution in [3.63, 3.8) is 0 Å². The number of rotatable bonds is 8. The molecular weight excluding hydrogens is 220 g/mol. The van der Waals surface area contributed by atoms with Crippen LogP contribution in [0.25, 0.3) is 0 Å². The minimum Gasteiger partial charge on any atom is -0.303 e. The highest BCUT2D eigenvalue weighted by molar-refractivity contribution is 6.38. The van der Waals surface area contributed by atoms with E-state index in [1.165, 1.54) is 0 Å². The summed E-state index contributed by atoms with van der Waals surface area (Å²) >= 11 is 0. The molecule has 4 heteroatoms. The minimum absolute atomic E-state index is 0.0434. The zero-order valence-corrected chi connectivity index (χ0v) is 10.9. The van der Waals surface area contributed by atoms with Gasteiger partial charge in [0, 0.05) is 24.7 Å². The van der Waals surface area contributed by atoms with Crippen molar-refractivity contribution in [1.29, 1.82) is 0 Å². The molecule has 0 bridgehead atoms. The SMILES string of the molecule is CC(C=O)C(C)(C)C(C)C(=O)C(=O)CCC=O. The van der Waals surface area contributed by atoms with Gasteiger partial charge in [-0.3, -0.25) is 9.59 Å². The van der Waals surface area contributed by atoms with E-state index in [-0.39, 0.29) is 18.8 Å². The predicted octanol–water partition coefficient (Wildman–Crippen LogP) is 1.60. The summed E-state index contributed by atoms with van der Waals surface area (Å²) in [6.07, 6.45) is 1.44. The number of hydrogen-bond acceptors (Lipinski definition) is 4. The summed E-state index contributed by atoms with van der Waals surface area (Å²) in [5.41, 5.74) is -0.560. The molecule has 0 aliphatic rings. The Bertz CT molecular complexity index is 317. The van der Waals surface area contributed by atoms with Crippen LogP contribution in [0.5, 0.6) is 0 Å². The Morgan fingerprint density at radius 2 is 1.71 bits per heavy atom.